The zero-order valence-corrected chi connectivity index (χ0v) is 10.8. The third kappa shape index (κ3) is 4.41. The highest BCUT2D eigenvalue weighted by molar-refractivity contribution is 6.04. The van der Waals surface area contributed by atoms with Crippen molar-refractivity contribution in [1.82, 2.24) is 5.32 Å². The number of carbonyl (C=O) groups is 1. The predicted octanol–water partition coefficient (Wildman–Crippen LogP) is 2.30. The zero-order chi connectivity index (χ0) is 13.4. The SMILES string of the molecule is C=CCN=C(NC(=O)c1ccc(C)cc1)OCC. The quantitative estimate of drug-likeness (QED) is 0.503. The maximum absolute atomic E-state index is 11.9. The van der Waals surface area contributed by atoms with Crippen molar-refractivity contribution >= 4 is 11.9 Å². The average molecular weight is 246 g/mol. The lowest BCUT2D eigenvalue weighted by Crippen LogP contribution is -2.32. The van der Waals surface area contributed by atoms with Crippen LogP contribution in [0.15, 0.2) is 41.9 Å². The molecule has 1 aromatic carbocycles. The molecule has 1 rings (SSSR count). The monoisotopic (exact) mass is 246 g/mol. The van der Waals surface area contributed by atoms with Gasteiger partial charge in [0.05, 0.1) is 13.2 Å². The second-order valence-corrected chi connectivity index (χ2v) is 3.69. The number of aliphatic imine (C=N–C) groups is 1. The van der Waals surface area contributed by atoms with Crippen LogP contribution in [-0.4, -0.2) is 25.1 Å². The number of nitrogens with zero attached hydrogens (tertiary/aromatic N) is 1. The molecule has 1 aromatic rings. The lowest BCUT2D eigenvalue weighted by Gasteiger charge is -2.08. The molecule has 0 heterocycles. The summed E-state index contributed by atoms with van der Waals surface area (Å²) in [4.78, 5) is 16.0. The summed E-state index contributed by atoms with van der Waals surface area (Å²) in [7, 11) is 0. The van der Waals surface area contributed by atoms with Crippen LogP contribution in [0.3, 0.4) is 0 Å². The van der Waals surface area contributed by atoms with Gasteiger partial charge in [-0.1, -0.05) is 23.8 Å². The number of nitrogens with one attached hydrogen (secondary N) is 1. The number of amides is 1. The molecular weight excluding hydrogens is 228 g/mol. The molecule has 0 saturated carbocycles. The van der Waals surface area contributed by atoms with Gasteiger partial charge in [0.2, 0.25) is 0 Å². The number of hydrogen-bond donors (Lipinski definition) is 1. The fourth-order valence-electron chi connectivity index (χ4n) is 1.28. The lowest BCUT2D eigenvalue weighted by atomic mass is 10.1. The Morgan fingerprint density at radius 1 is 1.44 bits per heavy atom. The maximum Gasteiger partial charge on any atom is 0.291 e. The molecule has 0 radical (unpaired) electrons. The Hall–Kier alpha value is -2.10. The van der Waals surface area contributed by atoms with Gasteiger partial charge in [0.15, 0.2) is 0 Å². The molecule has 1 N–H and O–H groups in total. The van der Waals surface area contributed by atoms with Gasteiger partial charge in [-0.05, 0) is 26.0 Å². The van der Waals surface area contributed by atoms with Gasteiger partial charge in [-0.15, -0.1) is 6.58 Å². The van der Waals surface area contributed by atoms with Gasteiger partial charge in [0.1, 0.15) is 0 Å². The summed E-state index contributed by atoms with van der Waals surface area (Å²) in [6.45, 7) is 8.23. The molecule has 0 aliphatic carbocycles. The molecule has 0 aliphatic heterocycles. The third-order valence-corrected chi connectivity index (χ3v) is 2.18. The van der Waals surface area contributed by atoms with Crippen LogP contribution in [0.5, 0.6) is 0 Å². The summed E-state index contributed by atoms with van der Waals surface area (Å²) < 4.78 is 5.23. The first-order valence-electron chi connectivity index (χ1n) is 5.83. The topological polar surface area (TPSA) is 50.7 Å². The smallest absolute Gasteiger partial charge is 0.291 e. The van der Waals surface area contributed by atoms with Gasteiger partial charge in [-0.2, -0.15) is 0 Å². The summed E-state index contributed by atoms with van der Waals surface area (Å²) in [5.74, 6) is -0.230. The van der Waals surface area contributed by atoms with Crippen molar-refractivity contribution < 1.29 is 9.53 Å². The number of ether oxygens (including phenoxy) is 1. The highest BCUT2D eigenvalue weighted by Gasteiger charge is 2.08. The molecule has 1 amide bonds. The molecule has 0 unspecified atom stereocenters. The van der Waals surface area contributed by atoms with Crippen LogP contribution in [0.4, 0.5) is 0 Å². The Morgan fingerprint density at radius 3 is 2.67 bits per heavy atom. The molecule has 0 saturated heterocycles. The van der Waals surface area contributed by atoms with Crippen LogP contribution in [-0.2, 0) is 4.74 Å². The minimum Gasteiger partial charge on any atom is -0.465 e. The number of amidine groups is 1. The first-order chi connectivity index (χ1) is 8.67. The van der Waals surface area contributed by atoms with E-state index in [9.17, 15) is 4.79 Å². The van der Waals surface area contributed by atoms with E-state index < -0.39 is 0 Å². The van der Waals surface area contributed by atoms with Crippen molar-refractivity contribution in [2.24, 2.45) is 4.99 Å². The van der Waals surface area contributed by atoms with Crippen LogP contribution in [0.2, 0.25) is 0 Å². The summed E-state index contributed by atoms with van der Waals surface area (Å²) in [6.07, 6.45) is 1.64. The Morgan fingerprint density at radius 2 is 2.11 bits per heavy atom. The Balaban J connectivity index is 2.71. The van der Waals surface area contributed by atoms with E-state index in [1.54, 1.807) is 18.2 Å². The van der Waals surface area contributed by atoms with Crippen molar-refractivity contribution in [2.75, 3.05) is 13.2 Å². The third-order valence-electron chi connectivity index (χ3n) is 2.18. The second kappa shape index (κ2) is 7.27. The minimum absolute atomic E-state index is 0.225. The fourth-order valence-corrected chi connectivity index (χ4v) is 1.28. The average Bonchev–Trinajstić information content (AvgIpc) is 2.37. The maximum atomic E-state index is 11.9. The fraction of sp³-hybridized carbons (Fsp3) is 0.286. The van der Waals surface area contributed by atoms with E-state index in [1.165, 1.54) is 0 Å². The van der Waals surface area contributed by atoms with Crippen LogP contribution in [0, 0.1) is 6.92 Å². The molecule has 0 aliphatic rings. The van der Waals surface area contributed by atoms with E-state index >= 15 is 0 Å². The first-order valence-corrected chi connectivity index (χ1v) is 5.83. The molecule has 4 nitrogen and oxygen atoms in total. The molecule has 0 spiro atoms. The predicted molar refractivity (Wildman–Crippen MR) is 72.8 cm³/mol. The van der Waals surface area contributed by atoms with E-state index in [2.05, 4.69) is 16.9 Å². The van der Waals surface area contributed by atoms with Gasteiger partial charge in [-0.3, -0.25) is 10.1 Å². The summed E-state index contributed by atoms with van der Waals surface area (Å²) in [5, 5.41) is 2.63. The number of carbonyl (C=O) groups excluding carboxylic acids is 1. The molecule has 0 bridgehead atoms. The number of benzene rings is 1. The number of hydrogen-bond acceptors (Lipinski definition) is 3. The molecule has 0 aromatic heterocycles. The highest BCUT2D eigenvalue weighted by Crippen LogP contribution is 2.02. The van der Waals surface area contributed by atoms with Gasteiger partial charge >= 0.3 is 0 Å². The lowest BCUT2D eigenvalue weighted by molar-refractivity contribution is 0.0966. The molecule has 0 fully saturated rings. The molecular formula is C14H18N2O2. The molecule has 96 valence electrons. The van der Waals surface area contributed by atoms with E-state index in [4.69, 9.17) is 4.74 Å². The Labute approximate surface area is 107 Å². The first kappa shape index (κ1) is 14.0. The largest absolute Gasteiger partial charge is 0.465 e. The van der Waals surface area contributed by atoms with Crippen LogP contribution in [0.1, 0.15) is 22.8 Å². The highest BCUT2D eigenvalue weighted by atomic mass is 16.5. The van der Waals surface area contributed by atoms with Gasteiger partial charge in [0, 0.05) is 5.56 Å². The number of rotatable bonds is 4. The minimum atomic E-state index is -0.230. The normalized spacial score (nSPS) is 10.9. The standard InChI is InChI=1S/C14H18N2O2/c1-4-10-15-14(18-5-2)16-13(17)12-8-6-11(3)7-9-12/h4,6-9H,1,5,10H2,2-3H3,(H,15,16,17). The van der Waals surface area contributed by atoms with Crippen molar-refractivity contribution in [3.05, 3.63) is 48.0 Å². The summed E-state index contributed by atoms with van der Waals surface area (Å²) in [6, 6.07) is 7.53. The van der Waals surface area contributed by atoms with Crippen LogP contribution in [0.25, 0.3) is 0 Å². The van der Waals surface area contributed by atoms with Gasteiger partial charge in [-0.25, -0.2) is 4.99 Å². The molecule has 4 heteroatoms. The van der Waals surface area contributed by atoms with E-state index in [0.717, 1.165) is 5.56 Å². The van der Waals surface area contributed by atoms with Crippen molar-refractivity contribution in [3.63, 3.8) is 0 Å². The van der Waals surface area contributed by atoms with Crippen molar-refractivity contribution in [1.29, 1.82) is 0 Å². The Bertz CT molecular complexity index is 436. The van der Waals surface area contributed by atoms with E-state index in [1.807, 2.05) is 26.0 Å². The molecule has 18 heavy (non-hydrogen) atoms. The van der Waals surface area contributed by atoms with Gasteiger partial charge < -0.3 is 4.74 Å². The number of aryl methyl sites for hydroxylation is 1. The zero-order valence-electron chi connectivity index (χ0n) is 10.8. The summed E-state index contributed by atoms with van der Waals surface area (Å²) >= 11 is 0. The van der Waals surface area contributed by atoms with Gasteiger partial charge in [0.25, 0.3) is 11.9 Å². The van der Waals surface area contributed by atoms with Crippen molar-refractivity contribution in [3.8, 4) is 0 Å². The van der Waals surface area contributed by atoms with Crippen LogP contribution < -0.4 is 5.32 Å². The van der Waals surface area contributed by atoms with Crippen LogP contribution >= 0.6 is 0 Å². The second-order valence-electron chi connectivity index (χ2n) is 3.69. The Kier molecular flexibility index (Phi) is 5.64. The van der Waals surface area contributed by atoms with E-state index in [-0.39, 0.29) is 11.9 Å². The molecule has 0 atom stereocenters. The summed E-state index contributed by atoms with van der Waals surface area (Å²) in [5.41, 5.74) is 1.68. The van der Waals surface area contributed by atoms with Crippen molar-refractivity contribution in [2.45, 2.75) is 13.8 Å². The van der Waals surface area contributed by atoms with E-state index in [0.29, 0.717) is 18.7 Å².